The number of aryl methyl sites for hydroxylation is 1. The molecule has 2 heterocycles. The Balaban J connectivity index is 2.04. The summed E-state index contributed by atoms with van der Waals surface area (Å²) in [5, 5.41) is 8.25. The van der Waals surface area contributed by atoms with Crippen molar-refractivity contribution >= 4 is 11.8 Å². The number of aromatic nitrogens is 2. The molecular weight excluding hydrogens is 230 g/mol. The van der Waals surface area contributed by atoms with Gasteiger partial charge < -0.3 is 5.32 Å². The van der Waals surface area contributed by atoms with Gasteiger partial charge in [0, 0.05) is 42.6 Å². The van der Waals surface area contributed by atoms with Crippen molar-refractivity contribution in [1.29, 1.82) is 0 Å². The predicted octanol–water partition coefficient (Wildman–Crippen LogP) is 2.31. The molecule has 1 aliphatic heterocycles. The number of hydrogen-bond acceptors (Lipinski definition) is 3. The van der Waals surface area contributed by atoms with Crippen molar-refractivity contribution in [1.82, 2.24) is 15.1 Å². The standard InChI is InChI=1S/C13H23N3S/c1-13(2,3)12-10(8-16(4)15-12)7-14-11-5-6-17-9-11/h8,11,14H,5-7,9H2,1-4H3. The third-order valence-corrected chi connectivity index (χ3v) is 4.29. The van der Waals surface area contributed by atoms with Crippen molar-refractivity contribution in [2.75, 3.05) is 11.5 Å². The summed E-state index contributed by atoms with van der Waals surface area (Å²) in [5.41, 5.74) is 2.69. The quantitative estimate of drug-likeness (QED) is 0.896. The Labute approximate surface area is 108 Å². The highest BCUT2D eigenvalue weighted by Crippen LogP contribution is 2.24. The first-order valence-electron chi connectivity index (χ1n) is 6.31. The van der Waals surface area contributed by atoms with E-state index in [1.807, 2.05) is 23.5 Å². The summed E-state index contributed by atoms with van der Waals surface area (Å²) in [7, 11) is 2.00. The van der Waals surface area contributed by atoms with Gasteiger partial charge in [0.2, 0.25) is 0 Å². The van der Waals surface area contributed by atoms with Gasteiger partial charge in [0.1, 0.15) is 0 Å². The number of nitrogens with zero attached hydrogens (tertiary/aromatic N) is 2. The lowest BCUT2D eigenvalue weighted by molar-refractivity contribution is 0.526. The first kappa shape index (κ1) is 13.0. The van der Waals surface area contributed by atoms with Gasteiger partial charge in [0.25, 0.3) is 0 Å². The molecule has 2 rings (SSSR count). The van der Waals surface area contributed by atoms with E-state index in [9.17, 15) is 0 Å². The largest absolute Gasteiger partial charge is 0.309 e. The molecule has 0 radical (unpaired) electrons. The zero-order chi connectivity index (χ0) is 12.5. The smallest absolute Gasteiger partial charge is 0.0722 e. The summed E-state index contributed by atoms with van der Waals surface area (Å²) in [6, 6.07) is 0.688. The fourth-order valence-electron chi connectivity index (χ4n) is 2.25. The van der Waals surface area contributed by atoms with E-state index < -0.39 is 0 Å². The molecule has 0 saturated carbocycles. The van der Waals surface area contributed by atoms with Crippen LogP contribution in [0.4, 0.5) is 0 Å². The molecule has 1 N–H and O–H groups in total. The third-order valence-electron chi connectivity index (χ3n) is 3.13. The highest BCUT2D eigenvalue weighted by atomic mass is 32.2. The van der Waals surface area contributed by atoms with Crippen LogP contribution in [0.3, 0.4) is 0 Å². The van der Waals surface area contributed by atoms with E-state index in [2.05, 4.69) is 37.4 Å². The molecule has 1 atom stereocenters. The topological polar surface area (TPSA) is 29.9 Å². The van der Waals surface area contributed by atoms with Crippen molar-refractivity contribution < 1.29 is 0 Å². The van der Waals surface area contributed by atoms with Gasteiger partial charge in [0.15, 0.2) is 0 Å². The van der Waals surface area contributed by atoms with Crippen LogP contribution in [-0.2, 0) is 19.0 Å². The Morgan fingerprint density at radius 1 is 1.53 bits per heavy atom. The van der Waals surface area contributed by atoms with Crippen molar-refractivity contribution in [3.8, 4) is 0 Å². The summed E-state index contributed by atoms with van der Waals surface area (Å²) in [5.74, 6) is 2.56. The second-order valence-electron chi connectivity index (χ2n) is 5.87. The van der Waals surface area contributed by atoms with Crippen LogP contribution in [0.5, 0.6) is 0 Å². The van der Waals surface area contributed by atoms with Crippen LogP contribution < -0.4 is 5.32 Å². The molecule has 1 fully saturated rings. The molecule has 96 valence electrons. The molecule has 17 heavy (non-hydrogen) atoms. The van der Waals surface area contributed by atoms with Crippen LogP contribution in [-0.4, -0.2) is 27.3 Å². The molecule has 0 aromatic carbocycles. The van der Waals surface area contributed by atoms with E-state index in [0.717, 1.165) is 6.54 Å². The van der Waals surface area contributed by atoms with Crippen LogP contribution in [0.25, 0.3) is 0 Å². The van der Waals surface area contributed by atoms with Gasteiger partial charge in [-0.2, -0.15) is 16.9 Å². The van der Waals surface area contributed by atoms with Gasteiger partial charge in [-0.3, -0.25) is 4.68 Å². The van der Waals surface area contributed by atoms with Crippen molar-refractivity contribution in [3.05, 3.63) is 17.5 Å². The Morgan fingerprint density at radius 2 is 2.29 bits per heavy atom. The summed E-state index contributed by atoms with van der Waals surface area (Å²) in [4.78, 5) is 0. The van der Waals surface area contributed by atoms with Gasteiger partial charge in [-0.1, -0.05) is 20.8 Å². The fourth-order valence-corrected chi connectivity index (χ4v) is 3.44. The average molecular weight is 253 g/mol. The maximum absolute atomic E-state index is 4.60. The molecule has 0 amide bonds. The zero-order valence-electron chi connectivity index (χ0n) is 11.3. The highest BCUT2D eigenvalue weighted by Gasteiger charge is 2.22. The maximum Gasteiger partial charge on any atom is 0.0722 e. The van der Waals surface area contributed by atoms with E-state index in [1.54, 1.807) is 0 Å². The molecule has 1 saturated heterocycles. The molecule has 4 heteroatoms. The molecule has 1 aliphatic rings. The van der Waals surface area contributed by atoms with Gasteiger partial charge in [-0.25, -0.2) is 0 Å². The number of thioether (sulfide) groups is 1. The van der Waals surface area contributed by atoms with E-state index in [4.69, 9.17) is 0 Å². The van der Waals surface area contributed by atoms with Crippen LogP contribution >= 0.6 is 11.8 Å². The molecule has 1 unspecified atom stereocenters. The molecule has 1 aromatic heterocycles. The van der Waals surface area contributed by atoms with E-state index in [0.29, 0.717) is 6.04 Å². The predicted molar refractivity (Wildman–Crippen MR) is 74.5 cm³/mol. The van der Waals surface area contributed by atoms with Crippen LogP contribution in [0, 0.1) is 0 Å². The first-order valence-corrected chi connectivity index (χ1v) is 7.46. The van der Waals surface area contributed by atoms with Gasteiger partial charge in [-0.05, 0) is 12.2 Å². The monoisotopic (exact) mass is 253 g/mol. The summed E-state index contributed by atoms with van der Waals surface area (Å²) in [6.07, 6.45) is 3.45. The summed E-state index contributed by atoms with van der Waals surface area (Å²) < 4.78 is 1.93. The van der Waals surface area contributed by atoms with Crippen molar-refractivity contribution in [2.45, 2.75) is 45.2 Å². The Bertz CT molecular complexity index is 373. The summed E-state index contributed by atoms with van der Waals surface area (Å²) in [6.45, 7) is 7.63. The maximum atomic E-state index is 4.60. The van der Waals surface area contributed by atoms with E-state index in [-0.39, 0.29) is 5.41 Å². The molecule has 0 bridgehead atoms. The second kappa shape index (κ2) is 5.02. The van der Waals surface area contributed by atoms with Crippen molar-refractivity contribution in [3.63, 3.8) is 0 Å². The SMILES string of the molecule is Cn1cc(CNC2CCSC2)c(C(C)(C)C)n1. The zero-order valence-corrected chi connectivity index (χ0v) is 12.1. The lowest BCUT2D eigenvalue weighted by Crippen LogP contribution is -2.29. The highest BCUT2D eigenvalue weighted by molar-refractivity contribution is 7.99. The molecule has 0 aliphatic carbocycles. The Morgan fingerprint density at radius 3 is 2.88 bits per heavy atom. The van der Waals surface area contributed by atoms with Crippen LogP contribution in [0.1, 0.15) is 38.4 Å². The molecular formula is C13H23N3S. The average Bonchev–Trinajstić information content (AvgIpc) is 2.82. The number of rotatable bonds is 3. The van der Waals surface area contributed by atoms with Gasteiger partial charge >= 0.3 is 0 Å². The fraction of sp³-hybridized carbons (Fsp3) is 0.769. The summed E-state index contributed by atoms with van der Waals surface area (Å²) >= 11 is 2.05. The minimum atomic E-state index is 0.128. The minimum absolute atomic E-state index is 0.128. The Hall–Kier alpha value is -0.480. The van der Waals surface area contributed by atoms with E-state index >= 15 is 0 Å². The van der Waals surface area contributed by atoms with Crippen LogP contribution in [0.15, 0.2) is 6.20 Å². The first-order chi connectivity index (χ1) is 7.97. The number of hydrogen-bond donors (Lipinski definition) is 1. The van der Waals surface area contributed by atoms with Gasteiger partial charge in [0.05, 0.1) is 5.69 Å². The van der Waals surface area contributed by atoms with Crippen molar-refractivity contribution in [2.24, 2.45) is 7.05 Å². The Kier molecular flexibility index (Phi) is 3.83. The molecule has 3 nitrogen and oxygen atoms in total. The minimum Gasteiger partial charge on any atom is -0.309 e. The van der Waals surface area contributed by atoms with Crippen LogP contribution in [0.2, 0.25) is 0 Å². The molecule has 1 aromatic rings. The second-order valence-corrected chi connectivity index (χ2v) is 7.02. The third kappa shape index (κ3) is 3.26. The van der Waals surface area contributed by atoms with E-state index in [1.165, 1.54) is 29.2 Å². The lowest BCUT2D eigenvalue weighted by Gasteiger charge is -2.18. The lowest BCUT2D eigenvalue weighted by atomic mass is 9.89. The number of nitrogens with one attached hydrogen (secondary N) is 1. The molecule has 0 spiro atoms. The normalized spacial score (nSPS) is 21.1. The van der Waals surface area contributed by atoms with Gasteiger partial charge in [-0.15, -0.1) is 0 Å².